The lowest BCUT2D eigenvalue weighted by Gasteiger charge is -2.26. The molecule has 9 nitrogen and oxygen atoms in total. The number of carbonyl (C=O) groups excluding carboxylic acids is 3. The fraction of sp³-hybridized carbons (Fsp3) is 0.758. The molecule has 0 spiro atoms. The zero-order chi connectivity index (χ0) is 52.0. The molecule has 410 valence electrons. The molecule has 2 unspecified atom stereocenters. The molecule has 0 saturated carbocycles. The van der Waals surface area contributed by atoms with E-state index < -0.39 is 24.3 Å². The molecule has 0 radical (unpaired) electrons. The second-order valence-electron chi connectivity index (χ2n) is 20.6. The molecule has 0 heterocycles. The summed E-state index contributed by atoms with van der Waals surface area (Å²) < 4.78 is 22.7. The fourth-order valence-corrected chi connectivity index (χ4v) is 8.01. The van der Waals surface area contributed by atoms with Gasteiger partial charge in [-0.1, -0.05) is 241 Å². The van der Waals surface area contributed by atoms with Crippen molar-refractivity contribution in [2.75, 3.05) is 47.5 Å². The zero-order valence-electron chi connectivity index (χ0n) is 46.6. The molecule has 71 heavy (non-hydrogen) atoms. The molecule has 9 heteroatoms. The summed E-state index contributed by atoms with van der Waals surface area (Å²) in [6.07, 6.45) is 65.1. The third kappa shape index (κ3) is 54.3. The molecule has 0 N–H and O–H groups in total. The molecule has 0 bridgehead atoms. The Hall–Kier alpha value is -3.27. The van der Waals surface area contributed by atoms with E-state index in [4.69, 9.17) is 18.9 Å². The van der Waals surface area contributed by atoms with Crippen LogP contribution < -0.4 is 5.11 Å². The molecule has 0 aliphatic heterocycles. The van der Waals surface area contributed by atoms with Crippen LogP contribution in [0.4, 0.5) is 0 Å². The molecule has 0 aromatic carbocycles. The first kappa shape index (κ1) is 67.7. The van der Waals surface area contributed by atoms with Crippen molar-refractivity contribution in [3.63, 3.8) is 0 Å². The van der Waals surface area contributed by atoms with Gasteiger partial charge < -0.3 is 33.3 Å². The summed E-state index contributed by atoms with van der Waals surface area (Å²) in [6, 6.07) is 0. The SMILES string of the molecule is CC/C=C\C/C=C\C/C=C\C/C=C\C/C=C\C/C=C\CCCCCCCCCCCCC(=O)OC(COC(=O)CCCCCCCCCCCCCCCCCCC)COC(OCC[N+](C)(C)C)C(=O)[O-]. The first-order valence-corrected chi connectivity index (χ1v) is 29.1. The van der Waals surface area contributed by atoms with Crippen molar-refractivity contribution >= 4 is 17.9 Å². The molecule has 0 aliphatic carbocycles. The number of aliphatic carboxylic acids is 1. The van der Waals surface area contributed by atoms with Crippen LogP contribution in [-0.2, 0) is 33.3 Å². The third-order valence-electron chi connectivity index (χ3n) is 12.5. The molecule has 0 aliphatic rings. The van der Waals surface area contributed by atoms with E-state index in [0.717, 1.165) is 83.5 Å². The van der Waals surface area contributed by atoms with E-state index in [1.54, 1.807) is 0 Å². The monoisotopic (exact) mass is 996 g/mol. The van der Waals surface area contributed by atoms with E-state index in [1.807, 2.05) is 21.1 Å². The number of quaternary nitrogens is 1. The van der Waals surface area contributed by atoms with E-state index in [9.17, 15) is 19.5 Å². The van der Waals surface area contributed by atoms with Crippen molar-refractivity contribution in [1.29, 1.82) is 0 Å². The van der Waals surface area contributed by atoms with Crippen molar-refractivity contribution in [2.45, 2.75) is 257 Å². The predicted molar refractivity (Wildman–Crippen MR) is 297 cm³/mol. The highest BCUT2D eigenvalue weighted by molar-refractivity contribution is 5.70. The van der Waals surface area contributed by atoms with Gasteiger partial charge in [0, 0.05) is 12.8 Å². The summed E-state index contributed by atoms with van der Waals surface area (Å²) in [5, 5.41) is 11.8. The Bertz CT molecular complexity index is 1390. The lowest BCUT2D eigenvalue weighted by atomic mass is 10.0. The number of ether oxygens (including phenoxy) is 4. The highest BCUT2D eigenvalue weighted by Gasteiger charge is 2.22. The number of carbonyl (C=O) groups is 3. The standard InChI is InChI=1S/C62H109NO8/c1-6-8-10-12-14-16-18-20-22-24-25-26-27-28-29-30-31-32-33-34-35-37-39-41-43-45-47-49-51-53-60(65)71-58(57-70-62(61(66)67)68-55-54-63(3,4)5)56-69-59(64)52-50-48-46-44-42-40-38-36-23-21-19-17-15-13-11-9-7-2/h8,10,14,16,20,22,25-26,28-29,31-32,58,62H,6-7,9,11-13,15,17-19,21,23-24,27,30,33-57H2,1-5H3/b10-8-,16-14-,22-20-,26-25-,29-28-,32-31-. The number of allylic oxidation sites excluding steroid dienone is 12. The Balaban J connectivity index is 4.23. The van der Waals surface area contributed by atoms with Gasteiger partial charge in [0.2, 0.25) is 0 Å². The highest BCUT2D eigenvalue weighted by Crippen LogP contribution is 2.16. The number of rotatable bonds is 53. The van der Waals surface area contributed by atoms with E-state index in [1.165, 1.54) is 128 Å². The lowest BCUT2D eigenvalue weighted by Crippen LogP contribution is -2.44. The summed E-state index contributed by atoms with van der Waals surface area (Å²) in [5.41, 5.74) is 0. The van der Waals surface area contributed by atoms with E-state index >= 15 is 0 Å². The Labute approximate surface area is 437 Å². The smallest absolute Gasteiger partial charge is 0.306 e. The maximum atomic E-state index is 12.9. The van der Waals surface area contributed by atoms with Crippen molar-refractivity contribution < 1.29 is 42.9 Å². The fourth-order valence-electron chi connectivity index (χ4n) is 8.01. The van der Waals surface area contributed by atoms with Gasteiger partial charge in [-0.25, -0.2) is 0 Å². The molecule has 0 rings (SSSR count). The summed E-state index contributed by atoms with van der Waals surface area (Å²) in [6.45, 7) is 4.65. The van der Waals surface area contributed by atoms with E-state index in [2.05, 4.69) is 86.8 Å². The maximum absolute atomic E-state index is 12.9. The molecule has 0 fully saturated rings. The van der Waals surface area contributed by atoms with E-state index in [-0.39, 0.29) is 32.2 Å². The minimum absolute atomic E-state index is 0.146. The topological polar surface area (TPSA) is 111 Å². The number of hydrogen-bond donors (Lipinski definition) is 0. The summed E-state index contributed by atoms with van der Waals surface area (Å²) in [7, 11) is 5.92. The van der Waals surface area contributed by atoms with Crippen LogP contribution in [0.15, 0.2) is 72.9 Å². The van der Waals surface area contributed by atoms with Crippen LogP contribution in [0.5, 0.6) is 0 Å². The Morgan fingerprint density at radius 3 is 1.20 bits per heavy atom. The van der Waals surface area contributed by atoms with Crippen LogP contribution in [0.1, 0.15) is 245 Å². The quantitative estimate of drug-likeness (QED) is 0.0195. The molecular formula is C62H109NO8. The van der Waals surface area contributed by atoms with Crippen molar-refractivity contribution in [3.8, 4) is 0 Å². The minimum atomic E-state index is -1.62. The molecular weight excluding hydrogens is 887 g/mol. The lowest BCUT2D eigenvalue weighted by molar-refractivity contribution is -0.870. The summed E-state index contributed by atoms with van der Waals surface area (Å²) in [4.78, 5) is 37.3. The van der Waals surface area contributed by atoms with Crippen molar-refractivity contribution in [1.82, 2.24) is 0 Å². The zero-order valence-corrected chi connectivity index (χ0v) is 46.6. The van der Waals surface area contributed by atoms with Crippen LogP contribution in [0.2, 0.25) is 0 Å². The van der Waals surface area contributed by atoms with Gasteiger partial charge in [0.05, 0.1) is 40.3 Å². The van der Waals surface area contributed by atoms with Gasteiger partial charge in [-0.05, 0) is 64.2 Å². The average molecular weight is 997 g/mol. The van der Waals surface area contributed by atoms with Gasteiger partial charge in [-0.15, -0.1) is 0 Å². The highest BCUT2D eigenvalue weighted by atomic mass is 16.7. The molecule has 0 aromatic heterocycles. The third-order valence-corrected chi connectivity index (χ3v) is 12.5. The van der Waals surface area contributed by atoms with Crippen molar-refractivity contribution in [2.24, 2.45) is 0 Å². The van der Waals surface area contributed by atoms with E-state index in [0.29, 0.717) is 23.9 Å². The van der Waals surface area contributed by atoms with Crippen LogP contribution in [0, 0.1) is 0 Å². The van der Waals surface area contributed by atoms with Crippen LogP contribution in [0.3, 0.4) is 0 Å². The normalized spacial score (nSPS) is 13.3. The van der Waals surface area contributed by atoms with Gasteiger partial charge in [0.15, 0.2) is 12.4 Å². The van der Waals surface area contributed by atoms with Crippen molar-refractivity contribution in [3.05, 3.63) is 72.9 Å². The number of esters is 2. The number of carboxylic acid groups (broad SMARTS) is 1. The number of likely N-dealkylation sites (N-methyl/N-ethyl adjacent to an activating group) is 1. The largest absolute Gasteiger partial charge is 0.545 e. The van der Waals surface area contributed by atoms with Gasteiger partial charge in [-0.2, -0.15) is 0 Å². The summed E-state index contributed by atoms with van der Waals surface area (Å²) >= 11 is 0. The molecule has 2 atom stereocenters. The number of nitrogens with zero attached hydrogens (tertiary/aromatic N) is 1. The number of carboxylic acids is 1. The number of unbranched alkanes of at least 4 members (excludes halogenated alkanes) is 26. The maximum Gasteiger partial charge on any atom is 0.306 e. The Morgan fingerprint density at radius 2 is 0.803 bits per heavy atom. The Kier molecular flexibility index (Phi) is 50.6. The van der Waals surface area contributed by atoms with Crippen LogP contribution in [-0.4, -0.2) is 82.3 Å². The van der Waals surface area contributed by atoms with Gasteiger partial charge in [-0.3, -0.25) is 9.59 Å². The average Bonchev–Trinajstić information content (AvgIpc) is 3.34. The van der Waals surface area contributed by atoms with Crippen LogP contribution in [0.25, 0.3) is 0 Å². The van der Waals surface area contributed by atoms with Gasteiger partial charge in [0.1, 0.15) is 13.2 Å². The predicted octanol–water partition coefficient (Wildman–Crippen LogP) is 15.7. The Morgan fingerprint density at radius 1 is 0.437 bits per heavy atom. The minimum Gasteiger partial charge on any atom is -0.545 e. The molecule has 0 aromatic rings. The first-order valence-electron chi connectivity index (χ1n) is 29.1. The van der Waals surface area contributed by atoms with Crippen LogP contribution >= 0.6 is 0 Å². The second-order valence-corrected chi connectivity index (χ2v) is 20.6. The number of hydrogen-bond acceptors (Lipinski definition) is 8. The van der Waals surface area contributed by atoms with Gasteiger partial charge in [0.25, 0.3) is 0 Å². The summed E-state index contributed by atoms with van der Waals surface area (Å²) in [5.74, 6) is -2.28. The molecule has 0 amide bonds. The molecule has 0 saturated heterocycles. The second kappa shape index (κ2) is 53.0. The van der Waals surface area contributed by atoms with Gasteiger partial charge >= 0.3 is 11.9 Å². The first-order chi connectivity index (χ1) is 34.6.